The molecule has 1 atom stereocenters. The predicted molar refractivity (Wildman–Crippen MR) is 120 cm³/mol. The Hall–Kier alpha value is -2.64. The summed E-state index contributed by atoms with van der Waals surface area (Å²) in [6.45, 7) is 5.71. The van der Waals surface area contributed by atoms with Gasteiger partial charge in [0.2, 0.25) is 4.77 Å². The summed E-state index contributed by atoms with van der Waals surface area (Å²) in [5, 5.41) is 4.75. The molecule has 0 bridgehead atoms. The Morgan fingerprint density at radius 1 is 1.07 bits per heavy atom. The highest BCUT2D eigenvalue weighted by Gasteiger charge is 2.29. The molecule has 30 heavy (non-hydrogen) atoms. The molecule has 0 N–H and O–H groups in total. The quantitative estimate of drug-likeness (QED) is 0.530. The minimum absolute atomic E-state index is 0.238. The molecule has 1 fully saturated rings. The largest absolute Gasteiger partial charge is 0.497 e. The fraction of sp³-hybridized carbons (Fsp3) is 0.391. The maximum atomic E-state index is 5.80. The van der Waals surface area contributed by atoms with Gasteiger partial charge in [-0.3, -0.25) is 9.47 Å². The average Bonchev–Trinajstić information content (AvgIpc) is 3.32. The van der Waals surface area contributed by atoms with Gasteiger partial charge in [0.1, 0.15) is 17.3 Å². The number of hydrogen-bond acceptors (Lipinski definition) is 5. The van der Waals surface area contributed by atoms with E-state index in [1.165, 1.54) is 5.56 Å². The molecule has 0 radical (unpaired) electrons. The number of rotatable bonds is 6. The molecular weight excluding hydrogens is 396 g/mol. The molecule has 4 rings (SSSR count). The SMILES string of the molecule is COc1ccc(OC)c(C2CCCN2Cn2nc(C)n(-c3ccc(C)cc3)c2=S)c1. The van der Waals surface area contributed by atoms with Gasteiger partial charge in [0.25, 0.3) is 0 Å². The molecule has 158 valence electrons. The van der Waals surface area contributed by atoms with E-state index in [1.807, 2.05) is 28.3 Å². The van der Waals surface area contributed by atoms with Gasteiger partial charge < -0.3 is 9.47 Å². The van der Waals surface area contributed by atoms with Crippen LogP contribution in [0.15, 0.2) is 42.5 Å². The normalized spacial score (nSPS) is 16.7. The van der Waals surface area contributed by atoms with E-state index in [0.29, 0.717) is 11.4 Å². The Morgan fingerprint density at radius 3 is 2.53 bits per heavy atom. The summed E-state index contributed by atoms with van der Waals surface area (Å²) >= 11 is 5.80. The van der Waals surface area contributed by atoms with Crippen LogP contribution in [0.2, 0.25) is 0 Å². The molecule has 1 aromatic heterocycles. The van der Waals surface area contributed by atoms with Crippen molar-refractivity contribution in [1.29, 1.82) is 0 Å². The van der Waals surface area contributed by atoms with E-state index >= 15 is 0 Å². The zero-order valence-corrected chi connectivity index (χ0v) is 18.8. The molecule has 2 heterocycles. The maximum Gasteiger partial charge on any atom is 0.203 e. The summed E-state index contributed by atoms with van der Waals surface area (Å²) < 4.78 is 15.8. The predicted octanol–water partition coefficient (Wildman–Crippen LogP) is 4.83. The standard InChI is InChI=1S/C23H28N4O2S/c1-16-7-9-18(10-8-16)27-17(2)24-26(23(27)30)15-25-13-5-6-21(25)20-14-19(28-3)11-12-22(20)29-4/h7-12,14,21H,5-6,13,15H2,1-4H3. The lowest BCUT2D eigenvalue weighted by atomic mass is 10.0. The maximum absolute atomic E-state index is 5.80. The van der Waals surface area contributed by atoms with Crippen molar-refractivity contribution in [3.05, 3.63) is 64.2 Å². The Balaban J connectivity index is 1.64. The van der Waals surface area contributed by atoms with Crippen molar-refractivity contribution in [2.45, 2.75) is 39.4 Å². The lowest BCUT2D eigenvalue weighted by Gasteiger charge is -2.26. The highest BCUT2D eigenvalue weighted by atomic mass is 32.1. The van der Waals surface area contributed by atoms with E-state index < -0.39 is 0 Å². The summed E-state index contributed by atoms with van der Waals surface area (Å²) in [6, 6.07) is 14.6. The fourth-order valence-electron chi connectivity index (χ4n) is 4.22. The zero-order valence-electron chi connectivity index (χ0n) is 18.0. The van der Waals surface area contributed by atoms with Crippen molar-refractivity contribution in [2.24, 2.45) is 0 Å². The summed E-state index contributed by atoms with van der Waals surface area (Å²) in [7, 11) is 3.41. The smallest absolute Gasteiger partial charge is 0.203 e. The fourth-order valence-corrected chi connectivity index (χ4v) is 4.55. The Bertz CT molecular complexity index is 1090. The number of aryl methyl sites for hydroxylation is 2. The molecule has 1 unspecified atom stereocenters. The molecular formula is C23H28N4O2S. The Labute approximate surface area is 182 Å². The van der Waals surface area contributed by atoms with Crippen LogP contribution in [-0.2, 0) is 6.67 Å². The number of methoxy groups -OCH3 is 2. The average molecular weight is 425 g/mol. The van der Waals surface area contributed by atoms with E-state index in [-0.39, 0.29) is 6.04 Å². The van der Waals surface area contributed by atoms with Gasteiger partial charge in [-0.05, 0) is 69.2 Å². The van der Waals surface area contributed by atoms with Gasteiger partial charge in [0, 0.05) is 23.8 Å². The third-order valence-electron chi connectivity index (χ3n) is 5.77. The first-order valence-electron chi connectivity index (χ1n) is 10.2. The first-order chi connectivity index (χ1) is 14.5. The van der Waals surface area contributed by atoms with E-state index in [1.54, 1.807) is 14.2 Å². The van der Waals surface area contributed by atoms with Crippen LogP contribution in [0, 0.1) is 18.6 Å². The van der Waals surface area contributed by atoms with Crippen molar-refractivity contribution in [3.8, 4) is 17.2 Å². The topological polar surface area (TPSA) is 44.5 Å². The van der Waals surface area contributed by atoms with Crippen LogP contribution in [0.4, 0.5) is 0 Å². The molecule has 0 saturated carbocycles. The van der Waals surface area contributed by atoms with Crippen LogP contribution in [0.5, 0.6) is 11.5 Å². The number of hydrogen-bond donors (Lipinski definition) is 0. The second-order valence-corrected chi connectivity index (χ2v) is 8.09. The Morgan fingerprint density at radius 2 is 1.83 bits per heavy atom. The summed E-state index contributed by atoms with van der Waals surface area (Å²) in [5.41, 5.74) is 3.42. The van der Waals surface area contributed by atoms with Gasteiger partial charge in [-0.15, -0.1) is 0 Å². The van der Waals surface area contributed by atoms with Gasteiger partial charge in [-0.1, -0.05) is 17.7 Å². The van der Waals surface area contributed by atoms with Crippen molar-refractivity contribution < 1.29 is 9.47 Å². The molecule has 1 saturated heterocycles. The number of nitrogens with zero attached hydrogens (tertiary/aromatic N) is 4. The monoisotopic (exact) mass is 424 g/mol. The van der Waals surface area contributed by atoms with Crippen molar-refractivity contribution >= 4 is 12.2 Å². The molecule has 6 nitrogen and oxygen atoms in total. The second-order valence-electron chi connectivity index (χ2n) is 7.72. The van der Waals surface area contributed by atoms with Gasteiger partial charge >= 0.3 is 0 Å². The van der Waals surface area contributed by atoms with Crippen molar-refractivity contribution in [2.75, 3.05) is 20.8 Å². The molecule has 7 heteroatoms. The minimum atomic E-state index is 0.238. The van der Waals surface area contributed by atoms with Crippen LogP contribution < -0.4 is 9.47 Å². The first kappa shape index (κ1) is 20.6. The summed E-state index contributed by atoms with van der Waals surface area (Å²) in [4.78, 5) is 2.42. The van der Waals surface area contributed by atoms with E-state index in [9.17, 15) is 0 Å². The zero-order chi connectivity index (χ0) is 21.3. The number of likely N-dealkylation sites (tertiary alicyclic amines) is 1. The lowest BCUT2D eigenvalue weighted by molar-refractivity contribution is 0.186. The number of benzene rings is 2. The lowest BCUT2D eigenvalue weighted by Crippen LogP contribution is -2.27. The molecule has 3 aromatic rings. The molecule has 1 aliphatic rings. The van der Waals surface area contributed by atoms with Gasteiger partial charge in [0.05, 0.1) is 20.9 Å². The van der Waals surface area contributed by atoms with Crippen molar-refractivity contribution in [1.82, 2.24) is 19.2 Å². The van der Waals surface area contributed by atoms with E-state index in [2.05, 4.69) is 42.2 Å². The van der Waals surface area contributed by atoms with Crippen LogP contribution in [0.25, 0.3) is 5.69 Å². The van der Waals surface area contributed by atoms with E-state index in [0.717, 1.165) is 48.0 Å². The van der Waals surface area contributed by atoms with E-state index in [4.69, 9.17) is 26.8 Å². The van der Waals surface area contributed by atoms with Crippen LogP contribution in [-0.4, -0.2) is 40.0 Å². The number of ether oxygens (including phenoxy) is 2. The highest BCUT2D eigenvalue weighted by Crippen LogP contribution is 2.39. The second kappa shape index (κ2) is 8.62. The van der Waals surface area contributed by atoms with Crippen molar-refractivity contribution in [3.63, 3.8) is 0 Å². The molecule has 0 spiro atoms. The third kappa shape index (κ3) is 3.87. The molecule has 0 amide bonds. The van der Waals surface area contributed by atoms with Gasteiger partial charge in [0.15, 0.2) is 0 Å². The first-order valence-corrected chi connectivity index (χ1v) is 10.6. The Kier molecular flexibility index (Phi) is 5.92. The van der Waals surface area contributed by atoms with Gasteiger partial charge in [-0.25, -0.2) is 4.68 Å². The highest BCUT2D eigenvalue weighted by molar-refractivity contribution is 7.71. The minimum Gasteiger partial charge on any atom is -0.497 e. The third-order valence-corrected chi connectivity index (χ3v) is 6.16. The molecule has 1 aliphatic heterocycles. The number of aromatic nitrogens is 3. The van der Waals surface area contributed by atoms with Crippen LogP contribution >= 0.6 is 12.2 Å². The summed E-state index contributed by atoms with van der Waals surface area (Å²) in [5.74, 6) is 2.62. The molecule has 0 aliphatic carbocycles. The summed E-state index contributed by atoms with van der Waals surface area (Å²) in [6.07, 6.45) is 2.19. The van der Waals surface area contributed by atoms with Crippen LogP contribution in [0.1, 0.15) is 35.8 Å². The van der Waals surface area contributed by atoms with Crippen LogP contribution in [0.3, 0.4) is 0 Å². The molecule has 2 aromatic carbocycles. The van der Waals surface area contributed by atoms with Gasteiger partial charge in [-0.2, -0.15) is 5.10 Å².